The summed E-state index contributed by atoms with van der Waals surface area (Å²) >= 11 is 0. The van der Waals surface area contributed by atoms with E-state index in [0.717, 1.165) is 19.3 Å². The Morgan fingerprint density at radius 3 is 2.43 bits per heavy atom. The summed E-state index contributed by atoms with van der Waals surface area (Å²) < 4.78 is 0. The molecule has 0 radical (unpaired) electrons. The third kappa shape index (κ3) is 3.91. The van der Waals surface area contributed by atoms with Gasteiger partial charge in [-0.05, 0) is 87.2 Å². The topological polar surface area (TPSA) is 3.24 Å². The quantitative estimate of drug-likeness (QED) is 0.219. The summed E-state index contributed by atoms with van der Waals surface area (Å²) in [5, 5.41) is 2.58. The predicted molar refractivity (Wildman–Crippen MR) is 179 cm³/mol. The van der Waals surface area contributed by atoms with Crippen molar-refractivity contribution in [3.05, 3.63) is 155 Å². The van der Waals surface area contributed by atoms with Crippen LogP contribution in [-0.2, 0) is 11.8 Å². The van der Waals surface area contributed by atoms with Crippen molar-refractivity contribution >= 4 is 22.5 Å². The van der Waals surface area contributed by atoms with Crippen molar-refractivity contribution in [2.45, 2.75) is 44.6 Å². The molecule has 5 aromatic carbocycles. The molecule has 1 atom stereocenters. The lowest BCUT2D eigenvalue weighted by Crippen LogP contribution is -2.35. The zero-order chi connectivity index (χ0) is 28.3. The van der Waals surface area contributed by atoms with Crippen molar-refractivity contribution in [1.82, 2.24) is 0 Å². The van der Waals surface area contributed by atoms with Crippen LogP contribution in [0.4, 0.5) is 5.69 Å². The van der Waals surface area contributed by atoms with Gasteiger partial charge in [0.1, 0.15) is 0 Å². The fraction of sp³-hybridized carbons (Fsp3) is 0.171. The summed E-state index contributed by atoms with van der Waals surface area (Å²) in [5.41, 5.74) is 13.6. The van der Waals surface area contributed by atoms with Crippen LogP contribution in [0, 0.1) is 0 Å². The number of allylic oxidation sites excluding steroid dienone is 3. The van der Waals surface area contributed by atoms with Crippen LogP contribution >= 0.6 is 0 Å². The van der Waals surface area contributed by atoms with Gasteiger partial charge >= 0.3 is 0 Å². The zero-order valence-electron chi connectivity index (χ0n) is 24.3. The highest BCUT2D eigenvalue weighted by Crippen LogP contribution is 2.51. The molecular formula is C41H35N. The van der Waals surface area contributed by atoms with Gasteiger partial charge in [0.2, 0.25) is 0 Å². The first-order chi connectivity index (χ1) is 20.6. The summed E-state index contributed by atoms with van der Waals surface area (Å²) in [6.45, 7) is 4.72. The van der Waals surface area contributed by atoms with E-state index in [0.29, 0.717) is 0 Å². The smallest absolute Gasteiger partial charge is 0.0556 e. The van der Waals surface area contributed by atoms with Gasteiger partial charge in [0.15, 0.2) is 0 Å². The Hall–Kier alpha value is -4.62. The monoisotopic (exact) mass is 541 g/mol. The summed E-state index contributed by atoms with van der Waals surface area (Å²) in [4.78, 5) is 2.64. The summed E-state index contributed by atoms with van der Waals surface area (Å²) in [6.07, 6.45) is 14.6. The third-order valence-corrected chi connectivity index (χ3v) is 9.67. The number of anilines is 1. The first-order valence-corrected chi connectivity index (χ1v) is 15.3. The molecule has 0 bridgehead atoms. The number of hydrogen-bond donors (Lipinski definition) is 0. The number of rotatable bonds is 4. The molecule has 0 spiro atoms. The predicted octanol–water partition coefficient (Wildman–Crippen LogP) is 10.5. The molecule has 1 heteroatoms. The van der Waals surface area contributed by atoms with Gasteiger partial charge in [-0.1, -0.05) is 129 Å². The van der Waals surface area contributed by atoms with E-state index in [1.165, 1.54) is 66.7 Å². The molecule has 0 saturated carbocycles. The van der Waals surface area contributed by atoms with Crippen LogP contribution in [0.2, 0.25) is 0 Å². The molecule has 42 heavy (non-hydrogen) atoms. The van der Waals surface area contributed by atoms with Crippen molar-refractivity contribution in [3.8, 4) is 22.3 Å². The molecule has 204 valence electrons. The van der Waals surface area contributed by atoms with Crippen LogP contribution in [0.5, 0.6) is 0 Å². The average Bonchev–Trinajstić information content (AvgIpc) is 3.27. The van der Waals surface area contributed by atoms with Gasteiger partial charge in [0, 0.05) is 22.4 Å². The maximum Gasteiger partial charge on any atom is 0.0556 e. The van der Waals surface area contributed by atoms with Gasteiger partial charge in [-0.25, -0.2) is 0 Å². The number of hydrogen-bond acceptors (Lipinski definition) is 1. The van der Waals surface area contributed by atoms with Gasteiger partial charge in [-0.3, -0.25) is 0 Å². The van der Waals surface area contributed by atoms with E-state index in [9.17, 15) is 0 Å². The Morgan fingerprint density at radius 2 is 1.52 bits per heavy atom. The van der Waals surface area contributed by atoms with Gasteiger partial charge < -0.3 is 4.90 Å². The third-order valence-electron chi connectivity index (χ3n) is 9.67. The van der Waals surface area contributed by atoms with Crippen molar-refractivity contribution in [2.75, 3.05) is 4.90 Å². The standard InChI is InChI=1S/C41H35N/c1-41(2)37-19-11-10-18-35(37)36-27-31(21-24-38(36)41)40-34-17-9-8-13-29(34)22-25-39(40)42(32-15-4-3-5-16-32)33-23-20-28-12-6-7-14-30(28)26-33/h3-15,17-19,21-22,24-27,32H,16,20,23H2,1-2H3. The Kier molecular flexibility index (Phi) is 5.82. The Labute approximate surface area is 249 Å². The Bertz CT molecular complexity index is 1950. The summed E-state index contributed by atoms with van der Waals surface area (Å²) in [5.74, 6) is 0. The van der Waals surface area contributed by atoms with Gasteiger partial charge in [-0.2, -0.15) is 0 Å². The molecule has 5 aromatic rings. The average molecular weight is 542 g/mol. The van der Waals surface area contributed by atoms with Gasteiger partial charge in [-0.15, -0.1) is 0 Å². The fourth-order valence-electron chi connectivity index (χ4n) is 7.55. The lowest BCUT2D eigenvalue weighted by Gasteiger charge is -2.38. The molecular weight excluding hydrogens is 506 g/mol. The molecule has 3 aliphatic rings. The molecule has 3 aliphatic carbocycles. The van der Waals surface area contributed by atoms with E-state index in [4.69, 9.17) is 0 Å². The highest BCUT2D eigenvalue weighted by Gasteiger charge is 2.35. The highest BCUT2D eigenvalue weighted by atomic mass is 15.2. The lowest BCUT2D eigenvalue weighted by molar-refractivity contribution is 0.660. The molecule has 0 amide bonds. The molecule has 8 rings (SSSR count). The lowest BCUT2D eigenvalue weighted by atomic mass is 9.82. The van der Waals surface area contributed by atoms with E-state index >= 15 is 0 Å². The number of nitrogens with zero attached hydrogens (tertiary/aromatic N) is 1. The van der Waals surface area contributed by atoms with Crippen LogP contribution in [0.25, 0.3) is 39.1 Å². The number of benzene rings is 5. The van der Waals surface area contributed by atoms with Crippen LogP contribution < -0.4 is 4.90 Å². The molecule has 1 nitrogen and oxygen atoms in total. The van der Waals surface area contributed by atoms with Crippen LogP contribution in [-0.4, -0.2) is 6.04 Å². The van der Waals surface area contributed by atoms with E-state index in [2.05, 4.69) is 152 Å². The van der Waals surface area contributed by atoms with Crippen molar-refractivity contribution in [2.24, 2.45) is 0 Å². The number of aryl methyl sites for hydroxylation is 1. The maximum atomic E-state index is 2.64. The second-order valence-corrected chi connectivity index (χ2v) is 12.4. The number of fused-ring (bicyclic) bond motifs is 5. The van der Waals surface area contributed by atoms with Crippen molar-refractivity contribution in [1.29, 1.82) is 0 Å². The molecule has 0 aliphatic heterocycles. The molecule has 0 saturated heterocycles. The molecule has 0 heterocycles. The minimum absolute atomic E-state index is 0.00238. The van der Waals surface area contributed by atoms with Crippen molar-refractivity contribution < 1.29 is 0 Å². The second-order valence-electron chi connectivity index (χ2n) is 12.4. The van der Waals surface area contributed by atoms with Crippen LogP contribution in [0.1, 0.15) is 48.9 Å². The Morgan fingerprint density at radius 1 is 0.714 bits per heavy atom. The van der Waals surface area contributed by atoms with E-state index < -0.39 is 0 Å². The summed E-state index contributed by atoms with van der Waals surface area (Å²) in [7, 11) is 0. The van der Waals surface area contributed by atoms with Gasteiger partial charge in [0.25, 0.3) is 0 Å². The fourth-order valence-corrected chi connectivity index (χ4v) is 7.55. The second kappa shape index (κ2) is 9.74. The molecule has 0 aromatic heterocycles. The van der Waals surface area contributed by atoms with Gasteiger partial charge in [0.05, 0.1) is 6.04 Å². The minimum atomic E-state index is -0.00238. The zero-order valence-corrected chi connectivity index (χ0v) is 24.3. The van der Waals surface area contributed by atoms with Crippen LogP contribution in [0.3, 0.4) is 0 Å². The van der Waals surface area contributed by atoms with E-state index in [1.807, 2.05) is 0 Å². The Balaban J connectivity index is 1.38. The normalized spacial score (nSPS) is 17.9. The van der Waals surface area contributed by atoms with Crippen LogP contribution in [0.15, 0.2) is 133 Å². The first-order valence-electron chi connectivity index (χ1n) is 15.3. The van der Waals surface area contributed by atoms with E-state index in [1.54, 1.807) is 0 Å². The molecule has 1 unspecified atom stereocenters. The minimum Gasteiger partial charge on any atom is -0.337 e. The molecule has 0 N–H and O–H groups in total. The SMILES string of the molecule is CC1(C)c2ccccc2-c2cc(-c3c(N(C4=Cc5ccccc5CC4)C4C=CC=CC4)ccc4ccccc34)ccc21. The van der Waals surface area contributed by atoms with E-state index in [-0.39, 0.29) is 11.5 Å². The molecule has 0 fully saturated rings. The largest absolute Gasteiger partial charge is 0.337 e. The maximum absolute atomic E-state index is 2.64. The van der Waals surface area contributed by atoms with Crippen molar-refractivity contribution in [3.63, 3.8) is 0 Å². The first kappa shape index (κ1) is 25.1. The highest BCUT2D eigenvalue weighted by molar-refractivity contribution is 6.04. The summed E-state index contributed by atoms with van der Waals surface area (Å²) in [6, 6.07) is 38.9.